The van der Waals surface area contributed by atoms with Gasteiger partial charge in [0.25, 0.3) is 0 Å². The number of aryl methyl sites for hydroxylation is 3. The number of fused-ring (bicyclic) bond motifs is 2. The van der Waals surface area contributed by atoms with Gasteiger partial charge in [-0.05, 0) is 90.3 Å². The van der Waals surface area contributed by atoms with Crippen molar-refractivity contribution in [2.75, 3.05) is 56.0 Å². The Balaban J connectivity index is 1.65. The molecule has 3 nitrogen and oxygen atoms in total. The minimum Gasteiger partial charge on any atom is -0.378 e. The largest absolute Gasteiger partial charge is 0.378 e. The minimum atomic E-state index is 0.247. The van der Waals surface area contributed by atoms with Crippen LogP contribution < -0.4 is 14.7 Å². The summed E-state index contributed by atoms with van der Waals surface area (Å²) in [6.07, 6.45) is 4.82. The van der Waals surface area contributed by atoms with E-state index in [-0.39, 0.29) is 5.92 Å². The fourth-order valence-electron chi connectivity index (χ4n) is 5.78. The van der Waals surface area contributed by atoms with Crippen LogP contribution in [-0.4, -0.2) is 41.3 Å². The summed E-state index contributed by atoms with van der Waals surface area (Å²) in [5.41, 5.74) is 12.6. The monoisotopic (exact) mass is 439 g/mol. The van der Waals surface area contributed by atoms with E-state index >= 15 is 0 Å². The molecule has 172 valence electrons. The first-order valence-electron chi connectivity index (χ1n) is 12.4. The summed E-state index contributed by atoms with van der Waals surface area (Å²) in [5.74, 6) is 0.247. The summed E-state index contributed by atoms with van der Waals surface area (Å²) in [4.78, 5) is 7.00. The maximum Gasteiger partial charge on any atom is 0.0396 e. The summed E-state index contributed by atoms with van der Waals surface area (Å²) in [6, 6.07) is 21.4. The van der Waals surface area contributed by atoms with Gasteiger partial charge in [0.05, 0.1) is 0 Å². The van der Waals surface area contributed by atoms with Crippen LogP contribution in [-0.2, 0) is 12.8 Å². The molecule has 2 aliphatic heterocycles. The Hall–Kier alpha value is -2.94. The highest BCUT2D eigenvalue weighted by molar-refractivity contribution is 5.62. The zero-order valence-electron chi connectivity index (χ0n) is 20.9. The molecule has 2 heterocycles. The van der Waals surface area contributed by atoms with Crippen LogP contribution in [0.3, 0.4) is 0 Å². The normalized spacial score (nSPS) is 15.5. The molecule has 3 aromatic carbocycles. The molecule has 0 atom stereocenters. The number of hydrogen-bond donors (Lipinski definition) is 0. The standard InChI is InChI=1S/C30H37N3/c1-21-18-26(31(2)3)12-13-27(21)30(24-10-14-28-22(19-24)8-6-16-32(28)4)25-11-15-29-23(20-25)9-7-17-33(29)5/h10-15,18-20,30H,6-9,16-17H2,1-5H3. The van der Waals surface area contributed by atoms with Gasteiger partial charge in [-0.1, -0.05) is 30.3 Å². The van der Waals surface area contributed by atoms with Gasteiger partial charge in [-0.2, -0.15) is 0 Å². The number of benzene rings is 3. The van der Waals surface area contributed by atoms with Crippen molar-refractivity contribution >= 4 is 17.1 Å². The van der Waals surface area contributed by atoms with E-state index in [1.807, 2.05) is 0 Å². The molecule has 0 fully saturated rings. The van der Waals surface area contributed by atoms with Crippen LogP contribution in [0, 0.1) is 6.92 Å². The van der Waals surface area contributed by atoms with Crippen molar-refractivity contribution in [1.29, 1.82) is 0 Å². The van der Waals surface area contributed by atoms with Crippen LogP contribution >= 0.6 is 0 Å². The molecule has 33 heavy (non-hydrogen) atoms. The second-order valence-corrected chi connectivity index (χ2v) is 10.2. The Morgan fingerprint density at radius 1 is 0.727 bits per heavy atom. The molecule has 0 unspecified atom stereocenters. The van der Waals surface area contributed by atoms with Crippen molar-refractivity contribution in [3.8, 4) is 0 Å². The van der Waals surface area contributed by atoms with Gasteiger partial charge in [-0.25, -0.2) is 0 Å². The molecule has 3 aromatic rings. The second kappa shape index (κ2) is 8.78. The van der Waals surface area contributed by atoms with Crippen LogP contribution in [0.2, 0.25) is 0 Å². The molecule has 0 spiro atoms. The van der Waals surface area contributed by atoms with E-state index < -0.39 is 0 Å². The van der Waals surface area contributed by atoms with Gasteiger partial charge in [0.2, 0.25) is 0 Å². The lowest BCUT2D eigenvalue weighted by molar-refractivity contribution is 0.739. The van der Waals surface area contributed by atoms with Crippen molar-refractivity contribution in [3.63, 3.8) is 0 Å². The molecule has 0 saturated carbocycles. The van der Waals surface area contributed by atoms with E-state index in [0.717, 1.165) is 13.1 Å². The molecule has 0 aliphatic carbocycles. The molecule has 0 aromatic heterocycles. The first-order valence-corrected chi connectivity index (χ1v) is 12.4. The zero-order valence-corrected chi connectivity index (χ0v) is 20.9. The summed E-state index contributed by atoms with van der Waals surface area (Å²) in [6.45, 7) is 4.58. The lowest BCUT2D eigenvalue weighted by Gasteiger charge is -2.31. The van der Waals surface area contributed by atoms with E-state index in [4.69, 9.17) is 0 Å². The third-order valence-electron chi connectivity index (χ3n) is 7.66. The molecular weight excluding hydrogens is 402 g/mol. The van der Waals surface area contributed by atoms with Crippen molar-refractivity contribution in [1.82, 2.24) is 0 Å². The predicted molar refractivity (Wildman–Crippen MR) is 143 cm³/mol. The SMILES string of the molecule is Cc1cc(N(C)C)ccc1C(c1ccc2c(c1)CCCN2C)c1ccc2c(c1)CCCN2C. The summed E-state index contributed by atoms with van der Waals surface area (Å²) >= 11 is 0. The van der Waals surface area contributed by atoms with Crippen molar-refractivity contribution in [2.45, 2.75) is 38.5 Å². The number of rotatable bonds is 4. The number of hydrogen-bond acceptors (Lipinski definition) is 3. The Kier molecular flexibility index (Phi) is 5.82. The lowest BCUT2D eigenvalue weighted by Crippen LogP contribution is -2.25. The fraction of sp³-hybridized carbons (Fsp3) is 0.400. The van der Waals surface area contributed by atoms with Crippen LogP contribution in [0.15, 0.2) is 54.6 Å². The number of anilines is 3. The lowest BCUT2D eigenvalue weighted by atomic mass is 9.80. The Morgan fingerprint density at radius 3 is 1.76 bits per heavy atom. The highest BCUT2D eigenvalue weighted by Gasteiger charge is 2.24. The fourth-order valence-corrected chi connectivity index (χ4v) is 5.78. The van der Waals surface area contributed by atoms with Gasteiger partial charge in [-0.3, -0.25) is 0 Å². The van der Waals surface area contributed by atoms with E-state index in [1.165, 1.54) is 76.1 Å². The minimum absolute atomic E-state index is 0.247. The maximum atomic E-state index is 2.49. The van der Waals surface area contributed by atoms with E-state index in [0.29, 0.717) is 0 Å². The van der Waals surface area contributed by atoms with Crippen LogP contribution in [0.5, 0.6) is 0 Å². The average Bonchev–Trinajstić information content (AvgIpc) is 2.80. The highest BCUT2D eigenvalue weighted by Crippen LogP contribution is 2.40. The number of nitrogens with zero attached hydrogens (tertiary/aromatic N) is 3. The molecule has 0 radical (unpaired) electrons. The van der Waals surface area contributed by atoms with Crippen molar-refractivity contribution in [2.24, 2.45) is 0 Å². The third-order valence-corrected chi connectivity index (χ3v) is 7.66. The summed E-state index contributed by atoms with van der Waals surface area (Å²) in [5, 5.41) is 0. The van der Waals surface area contributed by atoms with Gasteiger partial charge in [0, 0.05) is 64.3 Å². The van der Waals surface area contributed by atoms with Gasteiger partial charge in [-0.15, -0.1) is 0 Å². The van der Waals surface area contributed by atoms with Crippen molar-refractivity contribution < 1.29 is 0 Å². The highest BCUT2D eigenvalue weighted by atomic mass is 15.1. The van der Waals surface area contributed by atoms with E-state index in [9.17, 15) is 0 Å². The Bertz CT molecular complexity index is 1100. The van der Waals surface area contributed by atoms with Gasteiger partial charge >= 0.3 is 0 Å². The average molecular weight is 440 g/mol. The predicted octanol–water partition coefficient (Wildman–Crippen LogP) is 6.01. The molecule has 0 amide bonds. The Labute approximate surface area is 199 Å². The molecule has 0 saturated heterocycles. The molecule has 0 bridgehead atoms. The maximum absolute atomic E-state index is 2.49. The van der Waals surface area contributed by atoms with Gasteiger partial charge in [0.15, 0.2) is 0 Å². The summed E-state index contributed by atoms with van der Waals surface area (Å²) < 4.78 is 0. The summed E-state index contributed by atoms with van der Waals surface area (Å²) in [7, 11) is 8.68. The zero-order chi connectivity index (χ0) is 23.1. The second-order valence-electron chi connectivity index (χ2n) is 10.2. The smallest absolute Gasteiger partial charge is 0.0396 e. The van der Waals surface area contributed by atoms with Crippen molar-refractivity contribution in [3.05, 3.63) is 88.0 Å². The first-order chi connectivity index (χ1) is 15.9. The van der Waals surface area contributed by atoms with Crippen LogP contribution in [0.25, 0.3) is 0 Å². The molecular formula is C30H37N3. The van der Waals surface area contributed by atoms with Gasteiger partial charge < -0.3 is 14.7 Å². The molecule has 2 aliphatic rings. The van der Waals surface area contributed by atoms with E-state index in [1.54, 1.807) is 0 Å². The van der Waals surface area contributed by atoms with Crippen LogP contribution in [0.1, 0.15) is 52.1 Å². The van der Waals surface area contributed by atoms with Gasteiger partial charge in [0.1, 0.15) is 0 Å². The quantitative estimate of drug-likeness (QED) is 0.461. The van der Waals surface area contributed by atoms with E-state index in [2.05, 4.69) is 104 Å². The topological polar surface area (TPSA) is 9.72 Å². The third kappa shape index (κ3) is 4.10. The Morgan fingerprint density at radius 2 is 1.27 bits per heavy atom. The molecule has 0 N–H and O–H groups in total. The first kappa shape index (κ1) is 21.9. The van der Waals surface area contributed by atoms with Crippen LogP contribution in [0.4, 0.5) is 17.1 Å². The molecule has 5 rings (SSSR count). The molecule has 3 heteroatoms.